The molecule has 1 aliphatic rings. The van der Waals surface area contributed by atoms with E-state index in [2.05, 4.69) is 10.6 Å². The summed E-state index contributed by atoms with van der Waals surface area (Å²) in [7, 11) is -3.04. The highest BCUT2D eigenvalue weighted by atomic mass is 32.2. The molecule has 1 aliphatic heterocycles. The number of nitrogens with one attached hydrogen (secondary N) is 2. The lowest BCUT2D eigenvalue weighted by Crippen LogP contribution is -2.35. The molecule has 1 saturated heterocycles. The topological polar surface area (TPSA) is 92.3 Å². The Morgan fingerprint density at radius 1 is 0.926 bits per heavy atom. The van der Waals surface area contributed by atoms with E-state index < -0.39 is 9.84 Å². The van der Waals surface area contributed by atoms with Crippen molar-refractivity contribution in [1.82, 2.24) is 5.32 Å². The molecule has 2 aromatic carbocycles. The Kier molecular flexibility index (Phi) is 5.32. The van der Waals surface area contributed by atoms with Crippen molar-refractivity contribution in [3.63, 3.8) is 0 Å². The van der Waals surface area contributed by atoms with Crippen molar-refractivity contribution >= 4 is 27.3 Å². The fourth-order valence-corrected chi connectivity index (χ4v) is 4.87. The molecule has 6 nitrogen and oxygen atoms in total. The second kappa shape index (κ2) is 7.52. The van der Waals surface area contributed by atoms with Gasteiger partial charge in [-0.3, -0.25) is 9.59 Å². The summed E-state index contributed by atoms with van der Waals surface area (Å²) >= 11 is 0. The first-order valence-electron chi connectivity index (χ1n) is 8.73. The van der Waals surface area contributed by atoms with Gasteiger partial charge in [0.15, 0.2) is 9.84 Å². The van der Waals surface area contributed by atoms with Crippen molar-refractivity contribution in [2.45, 2.75) is 26.3 Å². The number of benzene rings is 2. The average Bonchev–Trinajstić information content (AvgIpc) is 2.92. The number of sulfone groups is 1. The molecule has 2 aromatic rings. The maximum Gasteiger partial charge on any atom is 0.255 e. The molecule has 0 radical (unpaired) electrons. The van der Waals surface area contributed by atoms with Crippen molar-refractivity contribution in [3.8, 4) is 0 Å². The smallest absolute Gasteiger partial charge is 0.255 e. The molecule has 3 rings (SSSR count). The average molecular weight is 386 g/mol. The number of rotatable bonds is 4. The number of carbonyl (C=O) groups is 2. The van der Waals surface area contributed by atoms with Crippen LogP contribution in [0.5, 0.6) is 0 Å². The van der Waals surface area contributed by atoms with Crippen LogP contribution in [-0.4, -0.2) is 37.8 Å². The van der Waals surface area contributed by atoms with Crippen LogP contribution in [0.25, 0.3) is 0 Å². The van der Waals surface area contributed by atoms with E-state index in [1.165, 1.54) is 0 Å². The van der Waals surface area contributed by atoms with Gasteiger partial charge in [0.25, 0.3) is 11.8 Å². The van der Waals surface area contributed by atoms with Crippen LogP contribution in [0.4, 0.5) is 5.69 Å². The molecular formula is C20H22N2O4S. The lowest BCUT2D eigenvalue weighted by molar-refractivity contribution is 0.0939. The van der Waals surface area contributed by atoms with E-state index in [1.807, 2.05) is 32.0 Å². The zero-order valence-corrected chi connectivity index (χ0v) is 16.1. The van der Waals surface area contributed by atoms with Gasteiger partial charge in [0.1, 0.15) is 0 Å². The molecule has 27 heavy (non-hydrogen) atoms. The predicted molar refractivity (Wildman–Crippen MR) is 105 cm³/mol. The third kappa shape index (κ3) is 4.95. The van der Waals surface area contributed by atoms with Crippen molar-refractivity contribution < 1.29 is 18.0 Å². The van der Waals surface area contributed by atoms with Crippen molar-refractivity contribution in [2.24, 2.45) is 0 Å². The Bertz CT molecular complexity index is 961. The van der Waals surface area contributed by atoms with Gasteiger partial charge in [0.05, 0.1) is 11.5 Å². The molecule has 1 unspecified atom stereocenters. The zero-order chi connectivity index (χ0) is 19.6. The molecule has 1 atom stereocenters. The van der Waals surface area contributed by atoms with Gasteiger partial charge >= 0.3 is 0 Å². The summed E-state index contributed by atoms with van der Waals surface area (Å²) in [6, 6.07) is 11.7. The van der Waals surface area contributed by atoms with Crippen LogP contribution in [0.1, 0.15) is 38.3 Å². The molecule has 2 amide bonds. The Morgan fingerprint density at radius 3 is 2.00 bits per heavy atom. The molecule has 0 bridgehead atoms. The number of hydrogen-bond acceptors (Lipinski definition) is 4. The van der Waals surface area contributed by atoms with E-state index in [0.717, 1.165) is 16.8 Å². The number of anilines is 1. The van der Waals surface area contributed by atoms with Crippen molar-refractivity contribution in [2.75, 3.05) is 16.8 Å². The van der Waals surface area contributed by atoms with Gasteiger partial charge in [-0.2, -0.15) is 0 Å². The summed E-state index contributed by atoms with van der Waals surface area (Å²) in [5, 5.41) is 5.58. The molecule has 1 fully saturated rings. The van der Waals surface area contributed by atoms with Gasteiger partial charge in [-0.15, -0.1) is 0 Å². The predicted octanol–water partition coefficient (Wildman–Crippen LogP) is 2.47. The first kappa shape index (κ1) is 19.1. The lowest BCUT2D eigenvalue weighted by atomic mass is 10.1. The number of carbonyl (C=O) groups excluding carboxylic acids is 2. The maximum absolute atomic E-state index is 12.4. The van der Waals surface area contributed by atoms with E-state index in [0.29, 0.717) is 17.5 Å². The first-order chi connectivity index (χ1) is 12.7. The van der Waals surface area contributed by atoms with E-state index in [-0.39, 0.29) is 29.4 Å². The van der Waals surface area contributed by atoms with Crippen LogP contribution in [-0.2, 0) is 9.84 Å². The monoisotopic (exact) mass is 386 g/mol. The quantitative estimate of drug-likeness (QED) is 0.844. The highest BCUT2D eigenvalue weighted by molar-refractivity contribution is 7.91. The minimum atomic E-state index is -3.04. The molecule has 0 aliphatic carbocycles. The first-order valence-corrected chi connectivity index (χ1v) is 10.5. The summed E-state index contributed by atoms with van der Waals surface area (Å²) in [5.41, 5.74) is 3.68. The lowest BCUT2D eigenvalue weighted by Gasteiger charge is -2.11. The fourth-order valence-electron chi connectivity index (χ4n) is 3.20. The highest BCUT2D eigenvalue weighted by Crippen LogP contribution is 2.16. The summed E-state index contributed by atoms with van der Waals surface area (Å²) < 4.78 is 22.9. The molecule has 0 spiro atoms. The summed E-state index contributed by atoms with van der Waals surface area (Å²) in [6.07, 6.45) is 0.435. The summed E-state index contributed by atoms with van der Waals surface area (Å²) in [6.45, 7) is 3.93. The van der Waals surface area contributed by atoms with Gasteiger partial charge < -0.3 is 10.6 Å². The molecular weight excluding hydrogens is 364 g/mol. The maximum atomic E-state index is 12.4. The van der Waals surface area contributed by atoms with E-state index >= 15 is 0 Å². The van der Waals surface area contributed by atoms with Gasteiger partial charge in [0, 0.05) is 22.9 Å². The molecule has 2 N–H and O–H groups in total. The molecule has 142 valence electrons. The minimum absolute atomic E-state index is 0.0187. The zero-order valence-electron chi connectivity index (χ0n) is 15.3. The Balaban J connectivity index is 1.64. The third-order valence-electron chi connectivity index (χ3n) is 4.46. The second-order valence-corrected chi connectivity index (χ2v) is 9.21. The van der Waals surface area contributed by atoms with Gasteiger partial charge in [0.2, 0.25) is 0 Å². The third-order valence-corrected chi connectivity index (χ3v) is 6.22. The SMILES string of the molecule is Cc1cc(C)cc(NC(=O)c2ccc(C(=O)NC3CCS(=O)(=O)C3)cc2)c1. The largest absolute Gasteiger partial charge is 0.348 e. The van der Waals surface area contributed by atoms with Gasteiger partial charge in [-0.05, 0) is 67.8 Å². The van der Waals surface area contributed by atoms with E-state index in [1.54, 1.807) is 24.3 Å². The number of aryl methyl sites for hydroxylation is 2. The van der Waals surface area contributed by atoms with Crippen LogP contribution < -0.4 is 10.6 Å². The Labute approximate surface area is 158 Å². The molecule has 1 heterocycles. The molecule has 7 heteroatoms. The van der Waals surface area contributed by atoms with Crippen LogP contribution >= 0.6 is 0 Å². The Morgan fingerprint density at radius 2 is 1.48 bits per heavy atom. The van der Waals surface area contributed by atoms with Crippen LogP contribution in [0.15, 0.2) is 42.5 Å². The van der Waals surface area contributed by atoms with Crippen LogP contribution in [0, 0.1) is 13.8 Å². The van der Waals surface area contributed by atoms with Crippen LogP contribution in [0.2, 0.25) is 0 Å². The second-order valence-electron chi connectivity index (χ2n) is 6.98. The summed E-state index contributed by atoms with van der Waals surface area (Å²) in [5.74, 6) is -0.503. The van der Waals surface area contributed by atoms with Crippen LogP contribution in [0.3, 0.4) is 0 Å². The Hall–Kier alpha value is -2.67. The van der Waals surface area contributed by atoms with E-state index in [9.17, 15) is 18.0 Å². The number of hydrogen-bond donors (Lipinski definition) is 2. The highest BCUT2D eigenvalue weighted by Gasteiger charge is 2.29. The number of amides is 2. The standard InChI is InChI=1S/C20H22N2O4S/c1-13-9-14(2)11-18(10-13)22-20(24)16-5-3-15(4-6-16)19(23)21-17-7-8-27(25,26)12-17/h3-6,9-11,17H,7-8,12H2,1-2H3,(H,21,23)(H,22,24). The van der Waals surface area contributed by atoms with Crippen molar-refractivity contribution in [3.05, 3.63) is 64.7 Å². The van der Waals surface area contributed by atoms with Gasteiger partial charge in [-0.25, -0.2) is 8.42 Å². The fraction of sp³-hybridized carbons (Fsp3) is 0.300. The van der Waals surface area contributed by atoms with E-state index in [4.69, 9.17) is 0 Å². The molecule has 0 saturated carbocycles. The molecule has 0 aromatic heterocycles. The summed E-state index contributed by atoms with van der Waals surface area (Å²) in [4.78, 5) is 24.6. The minimum Gasteiger partial charge on any atom is -0.348 e. The van der Waals surface area contributed by atoms with Crippen molar-refractivity contribution in [1.29, 1.82) is 0 Å². The van der Waals surface area contributed by atoms with Gasteiger partial charge in [-0.1, -0.05) is 6.07 Å². The normalized spacial score (nSPS) is 18.1.